The first kappa shape index (κ1) is 14.4. The molecule has 20 heavy (non-hydrogen) atoms. The molecule has 0 spiro atoms. The number of nitrogens with zero attached hydrogens (tertiary/aromatic N) is 1. The normalized spacial score (nSPS) is 11.3. The monoisotopic (exact) mass is 296 g/mol. The Balaban J connectivity index is 2.30. The molecule has 2 aromatic rings. The first-order chi connectivity index (χ1) is 9.42. The lowest BCUT2D eigenvalue weighted by Gasteiger charge is -2.09. The number of hydrogen-bond acceptors (Lipinski definition) is 4. The topological polar surface area (TPSA) is 79.3 Å². The number of sulfonamides is 1. The molecule has 0 atom stereocenters. The second kappa shape index (κ2) is 5.56. The van der Waals surface area contributed by atoms with Crippen LogP contribution in [0.1, 0.15) is 11.1 Å². The smallest absolute Gasteiger partial charge is 0.279 e. The van der Waals surface area contributed by atoms with Gasteiger partial charge in [-0.1, -0.05) is 12.1 Å². The summed E-state index contributed by atoms with van der Waals surface area (Å²) in [5.74, 6) is -0.652. The zero-order chi connectivity index (χ0) is 14.8. The summed E-state index contributed by atoms with van der Waals surface area (Å²) in [6, 6.07) is 6.88. The molecule has 0 saturated carbocycles. The van der Waals surface area contributed by atoms with Gasteiger partial charge in [0.15, 0.2) is 5.03 Å². The summed E-state index contributed by atoms with van der Waals surface area (Å²) in [4.78, 5) is 3.73. The summed E-state index contributed by atoms with van der Waals surface area (Å²) in [5, 5.41) is 8.63. The van der Waals surface area contributed by atoms with Crippen LogP contribution >= 0.6 is 0 Å². The van der Waals surface area contributed by atoms with E-state index >= 15 is 0 Å². The van der Waals surface area contributed by atoms with Gasteiger partial charge < -0.3 is 5.11 Å². The number of aryl methyl sites for hydroxylation is 1. The lowest BCUT2D eigenvalue weighted by molar-refractivity contribution is 0.281. The predicted octanol–water partition coefficient (Wildman–Crippen LogP) is 1.82. The zero-order valence-corrected chi connectivity index (χ0v) is 11.5. The van der Waals surface area contributed by atoms with Crippen molar-refractivity contribution < 1.29 is 17.9 Å². The van der Waals surface area contributed by atoms with Crippen LogP contribution in [0.15, 0.2) is 41.6 Å². The lowest BCUT2D eigenvalue weighted by Crippen LogP contribution is -2.15. The van der Waals surface area contributed by atoms with Gasteiger partial charge in [0.05, 0.1) is 12.3 Å². The van der Waals surface area contributed by atoms with Gasteiger partial charge in [-0.25, -0.2) is 9.37 Å². The van der Waals surface area contributed by atoms with E-state index in [1.165, 1.54) is 30.5 Å². The fourth-order valence-corrected chi connectivity index (χ4v) is 2.56. The maximum atomic E-state index is 13.6. The molecule has 7 heteroatoms. The van der Waals surface area contributed by atoms with Crippen LogP contribution < -0.4 is 4.72 Å². The van der Waals surface area contributed by atoms with Gasteiger partial charge in [-0.2, -0.15) is 8.42 Å². The van der Waals surface area contributed by atoms with Gasteiger partial charge in [-0.3, -0.25) is 4.72 Å². The molecule has 106 valence electrons. The fraction of sp³-hybridized carbons (Fsp3) is 0.154. The molecule has 0 radical (unpaired) electrons. The van der Waals surface area contributed by atoms with E-state index in [2.05, 4.69) is 9.71 Å². The Morgan fingerprint density at radius 3 is 2.60 bits per heavy atom. The van der Waals surface area contributed by atoms with Gasteiger partial charge in [-0.15, -0.1) is 0 Å². The highest BCUT2D eigenvalue weighted by Gasteiger charge is 2.17. The molecule has 0 amide bonds. The third-order valence-electron chi connectivity index (χ3n) is 2.62. The molecule has 1 aromatic heterocycles. The van der Waals surface area contributed by atoms with Crippen molar-refractivity contribution in [2.24, 2.45) is 0 Å². The number of hydrogen-bond donors (Lipinski definition) is 2. The van der Waals surface area contributed by atoms with E-state index in [1.54, 1.807) is 13.0 Å². The molecule has 0 fully saturated rings. The van der Waals surface area contributed by atoms with Crippen molar-refractivity contribution in [1.82, 2.24) is 4.98 Å². The number of aliphatic hydroxyl groups is 1. The summed E-state index contributed by atoms with van der Waals surface area (Å²) >= 11 is 0. The van der Waals surface area contributed by atoms with Crippen LogP contribution in [0.25, 0.3) is 0 Å². The molecule has 0 aliphatic heterocycles. The van der Waals surface area contributed by atoms with E-state index < -0.39 is 15.8 Å². The molecule has 0 aliphatic rings. The number of aliphatic hydroxyl groups excluding tert-OH is 1. The summed E-state index contributed by atoms with van der Waals surface area (Å²) in [7, 11) is -3.96. The van der Waals surface area contributed by atoms with E-state index in [0.29, 0.717) is 11.1 Å². The summed E-state index contributed by atoms with van der Waals surface area (Å²) in [5.41, 5.74) is 1.05. The standard InChI is InChI=1S/C13H13FN2O3S/c1-9-2-4-12(11(14)6-9)16-20(18,19)13-5-3-10(8-17)7-15-13/h2-7,16-17H,8H2,1H3. The third-order valence-corrected chi connectivity index (χ3v) is 3.91. The second-order valence-electron chi connectivity index (χ2n) is 4.25. The average molecular weight is 296 g/mol. The number of halogens is 1. The highest BCUT2D eigenvalue weighted by atomic mass is 32.2. The third kappa shape index (κ3) is 3.12. The highest BCUT2D eigenvalue weighted by Crippen LogP contribution is 2.19. The first-order valence-corrected chi connectivity index (χ1v) is 7.25. The van der Waals surface area contributed by atoms with E-state index in [9.17, 15) is 12.8 Å². The van der Waals surface area contributed by atoms with Crippen molar-refractivity contribution >= 4 is 15.7 Å². The second-order valence-corrected chi connectivity index (χ2v) is 5.88. The van der Waals surface area contributed by atoms with Gasteiger partial charge in [0.2, 0.25) is 0 Å². The molecule has 0 saturated heterocycles. The van der Waals surface area contributed by atoms with Crippen LogP contribution in [-0.2, 0) is 16.6 Å². The molecule has 5 nitrogen and oxygen atoms in total. The van der Waals surface area contributed by atoms with Gasteiger partial charge in [0.25, 0.3) is 10.0 Å². The van der Waals surface area contributed by atoms with Crippen LogP contribution in [0.4, 0.5) is 10.1 Å². The summed E-state index contributed by atoms with van der Waals surface area (Å²) < 4.78 is 39.8. The van der Waals surface area contributed by atoms with Gasteiger partial charge in [-0.05, 0) is 36.2 Å². The Kier molecular flexibility index (Phi) is 4.01. The van der Waals surface area contributed by atoms with Gasteiger partial charge >= 0.3 is 0 Å². The molecule has 0 bridgehead atoms. The van der Waals surface area contributed by atoms with E-state index in [4.69, 9.17) is 5.11 Å². The van der Waals surface area contributed by atoms with E-state index in [1.807, 2.05) is 0 Å². The first-order valence-electron chi connectivity index (χ1n) is 5.77. The number of nitrogens with one attached hydrogen (secondary N) is 1. The molecule has 0 unspecified atom stereocenters. The Bertz CT molecular complexity index is 715. The quantitative estimate of drug-likeness (QED) is 0.902. The van der Waals surface area contributed by atoms with Crippen molar-refractivity contribution in [2.45, 2.75) is 18.6 Å². The maximum Gasteiger partial charge on any atom is 0.279 e. The Labute approximate surface area is 116 Å². The van der Waals surface area contributed by atoms with E-state index in [0.717, 1.165) is 0 Å². The van der Waals surface area contributed by atoms with Crippen molar-refractivity contribution in [2.75, 3.05) is 4.72 Å². The van der Waals surface area contributed by atoms with E-state index in [-0.39, 0.29) is 17.3 Å². The van der Waals surface area contributed by atoms with Crippen LogP contribution in [0.5, 0.6) is 0 Å². The van der Waals surface area contributed by atoms with Crippen LogP contribution in [0.3, 0.4) is 0 Å². The molecule has 2 rings (SSSR count). The van der Waals surface area contributed by atoms with Crippen molar-refractivity contribution in [1.29, 1.82) is 0 Å². The fourth-order valence-electron chi connectivity index (χ4n) is 1.56. The van der Waals surface area contributed by atoms with Crippen molar-refractivity contribution in [3.8, 4) is 0 Å². The highest BCUT2D eigenvalue weighted by molar-refractivity contribution is 7.92. The molecular weight excluding hydrogens is 283 g/mol. The number of pyridine rings is 1. The van der Waals surface area contributed by atoms with Crippen LogP contribution in [-0.4, -0.2) is 18.5 Å². The zero-order valence-electron chi connectivity index (χ0n) is 10.7. The largest absolute Gasteiger partial charge is 0.392 e. The van der Waals surface area contributed by atoms with Gasteiger partial charge in [0.1, 0.15) is 5.82 Å². The minimum Gasteiger partial charge on any atom is -0.392 e. The summed E-state index contributed by atoms with van der Waals surface area (Å²) in [6.45, 7) is 1.48. The van der Waals surface area contributed by atoms with Gasteiger partial charge in [0, 0.05) is 6.20 Å². The number of aromatic nitrogens is 1. The molecular formula is C13H13FN2O3S. The number of benzene rings is 1. The Hall–Kier alpha value is -1.99. The Morgan fingerprint density at radius 2 is 2.05 bits per heavy atom. The average Bonchev–Trinajstić information content (AvgIpc) is 2.42. The maximum absolute atomic E-state index is 13.6. The van der Waals surface area contributed by atoms with Crippen molar-refractivity contribution in [3.63, 3.8) is 0 Å². The Morgan fingerprint density at radius 1 is 1.30 bits per heavy atom. The molecule has 1 aromatic carbocycles. The number of rotatable bonds is 4. The predicted molar refractivity (Wildman–Crippen MR) is 72.1 cm³/mol. The minimum absolute atomic E-state index is 0.136. The minimum atomic E-state index is -3.96. The van der Waals surface area contributed by atoms with Crippen LogP contribution in [0.2, 0.25) is 0 Å². The molecule has 1 heterocycles. The SMILES string of the molecule is Cc1ccc(NS(=O)(=O)c2ccc(CO)cn2)c(F)c1. The molecule has 2 N–H and O–H groups in total. The summed E-state index contributed by atoms with van der Waals surface area (Å²) in [6.07, 6.45) is 1.25. The lowest BCUT2D eigenvalue weighted by atomic mass is 10.2. The van der Waals surface area contributed by atoms with Crippen LogP contribution in [0, 0.1) is 12.7 Å². The van der Waals surface area contributed by atoms with Crippen molar-refractivity contribution in [3.05, 3.63) is 53.5 Å². The number of anilines is 1. The molecule has 0 aliphatic carbocycles.